The van der Waals surface area contributed by atoms with E-state index in [1.165, 1.54) is 0 Å². The summed E-state index contributed by atoms with van der Waals surface area (Å²) in [5.74, 6) is -0.387. The molecule has 1 aliphatic carbocycles. The molecule has 0 spiro atoms. The van der Waals surface area contributed by atoms with Crippen LogP contribution in [0.2, 0.25) is 0 Å². The summed E-state index contributed by atoms with van der Waals surface area (Å²) < 4.78 is 4.80. The molecule has 0 unspecified atom stereocenters. The van der Waals surface area contributed by atoms with Gasteiger partial charge in [0.15, 0.2) is 0 Å². The second kappa shape index (κ2) is 3.41. The Morgan fingerprint density at radius 2 is 2.50 bits per heavy atom. The number of hydrogen-bond donors (Lipinski definition) is 2. The van der Waals surface area contributed by atoms with Crippen LogP contribution in [0.4, 0.5) is 0 Å². The zero-order valence-electron chi connectivity index (χ0n) is 7.25. The lowest BCUT2D eigenvalue weighted by molar-refractivity contribution is -0.149. The number of ether oxygens (including phenoxy) is 1. The van der Waals surface area contributed by atoms with Crippen LogP contribution in [0.15, 0.2) is 0 Å². The van der Waals surface area contributed by atoms with Gasteiger partial charge < -0.3 is 15.6 Å². The monoisotopic (exact) mass is 173 g/mol. The molecule has 0 aromatic rings. The molecule has 70 valence electrons. The number of esters is 1. The lowest BCUT2D eigenvalue weighted by Crippen LogP contribution is -2.47. The summed E-state index contributed by atoms with van der Waals surface area (Å²) in [6.45, 7) is 2.08. The third-order valence-electron chi connectivity index (χ3n) is 2.21. The fourth-order valence-electron chi connectivity index (χ4n) is 1.51. The van der Waals surface area contributed by atoms with Gasteiger partial charge in [0.25, 0.3) is 0 Å². The number of aliphatic hydroxyl groups is 1. The van der Waals surface area contributed by atoms with Crippen LogP contribution in [-0.4, -0.2) is 29.3 Å². The number of carbonyl (C=O) groups is 1. The summed E-state index contributed by atoms with van der Waals surface area (Å²) in [5.41, 5.74) is 4.81. The van der Waals surface area contributed by atoms with Crippen LogP contribution >= 0.6 is 0 Å². The van der Waals surface area contributed by atoms with Crippen LogP contribution in [-0.2, 0) is 9.53 Å². The van der Waals surface area contributed by atoms with E-state index in [4.69, 9.17) is 10.5 Å². The molecule has 0 amide bonds. The standard InChI is InChI=1S/C8H15NO3/c1-2-12-7(11)8(9)4-3-6(10)5-8/h6,10H,2-5,9H2,1H3/t6-,8+/m0/s1. The Bertz CT molecular complexity index is 183. The number of rotatable bonds is 2. The first kappa shape index (κ1) is 9.48. The molecular formula is C8H15NO3. The van der Waals surface area contributed by atoms with E-state index in [-0.39, 0.29) is 5.97 Å². The van der Waals surface area contributed by atoms with Crippen LogP contribution in [0.3, 0.4) is 0 Å². The maximum absolute atomic E-state index is 11.3. The van der Waals surface area contributed by atoms with Crippen LogP contribution in [0.1, 0.15) is 26.2 Å². The molecule has 3 N–H and O–H groups in total. The Morgan fingerprint density at radius 1 is 1.83 bits per heavy atom. The summed E-state index contributed by atoms with van der Waals surface area (Å²) >= 11 is 0. The van der Waals surface area contributed by atoms with Crippen molar-refractivity contribution in [2.45, 2.75) is 37.8 Å². The fourth-order valence-corrected chi connectivity index (χ4v) is 1.51. The minimum atomic E-state index is -0.935. The summed E-state index contributed by atoms with van der Waals surface area (Å²) in [6, 6.07) is 0. The third kappa shape index (κ3) is 1.76. The maximum Gasteiger partial charge on any atom is 0.326 e. The van der Waals surface area contributed by atoms with E-state index in [0.29, 0.717) is 25.9 Å². The van der Waals surface area contributed by atoms with Gasteiger partial charge in [-0.1, -0.05) is 0 Å². The minimum Gasteiger partial charge on any atom is -0.465 e. The molecule has 0 aromatic carbocycles. The van der Waals surface area contributed by atoms with E-state index in [1.54, 1.807) is 6.92 Å². The van der Waals surface area contributed by atoms with Gasteiger partial charge in [-0.2, -0.15) is 0 Å². The molecule has 12 heavy (non-hydrogen) atoms. The van der Waals surface area contributed by atoms with Crippen molar-refractivity contribution in [2.75, 3.05) is 6.61 Å². The third-order valence-corrected chi connectivity index (χ3v) is 2.21. The zero-order chi connectivity index (χ0) is 9.19. The molecule has 1 saturated carbocycles. The molecule has 1 fully saturated rings. The van der Waals surface area contributed by atoms with Crippen LogP contribution < -0.4 is 5.73 Å². The number of nitrogens with two attached hydrogens (primary N) is 1. The summed E-state index contributed by atoms with van der Waals surface area (Å²) in [5, 5.41) is 9.19. The largest absolute Gasteiger partial charge is 0.465 e. The van der Waals surface area contributed by atoms with Gasteiger partial charge in [-0.15, -0.1) is 0 Å². The van der Waals surface area contributed by atoms with E-state index in [9.17, 15) is 9.90 Å². The smallest absolute Gasteiger partial charge is 0.326 e. The van der Waals surface area contributed by atoms with E-state index in [2.05, 4.69) is 0 Å². The predicted octanol–water partition coefficient (Wildman–Crippen LogP) is -0.208. The topological polar surface area (TPSA) is 72.5 Å². The Labute approximate surface area is 71.7 Å². The van der Waals surface area contributed by atoms with E-state index < -0.39 is 11.6 Å². The van der Waals surface area contributed by atoms with Gasteiger partial charge in [0, 0.05) is 6.42 Å². The fraction of sp³-hybridized carbons (Fsp3) is 0.875. The molecule has 1 rings (SSSR count). The van der Waals surface area contributed by atoms with Gasteiger partial charge in [0.1, 0.15) is 5.54 Å². The molecule has 2 atom stereocenters. The first-order valence-electron chi connectivity index (χ1n) is 4.22. The summed E-state index contributed by atoms with van der Waals surface area (Å²) in [7, 11) is 0. The van der Waals surface area contributed by atoms with E-state index in [0.717, 1.165) is 0 Å². The molecule has 0 saturated heterocycles. The quantitative estimate of drug-likeness (QED) is 0.567. The molecule has 1 aliphatic rings. The summed E-state index contributed by atoms with van der Waals surface area (Å²) in [6.07, 6.45) is 0.994. The van der Waals surface area contributed by atoms with Gasteiger partial charge >= 0.3 is 5.97 Å². The first-order valence-corrected chi connectivity index (χ1v) is 4.22. The summed E-state index contributed by atoms with van der Waals surface area (Å²) in [4.78, 5) is 11.3. The maximum atomic E-state index is 11.3. The van der Waals surface area contributed by atoms with E-state index >= 15 is 0 Å². The van der Waals surface area contributed by atoms with Crippen molar-refractivity contribution in [3.8, 4) is 0 Å². The molecule has 0 radical (unpaired) electrons. The second-order valence-corrected chi connectivity index (χ2v) is 3.27. The first-order chi connectivity index (χ1) is 5.58. The van der Waals surface area contributed by atoms with Crippen molar-refractivity contribution in [3.63, 3.8) is 0 Å². The molecule has 0 aromatic heterocycles. The van der Waals surface area contributed by atoms with Crippen molar-refractivity contribution in [1.29, 1.82) is 0 Å². The van der Waals surface area contributed by atoms with Gasteiger partial charge in [0.2, 0.25) is 0 Å². The average Bonchev–Trinajstić information content (AvgIpc) is 2.33. The Hall–Kier alpha value is -0.610. The normalized spacial score (nSPS) is 35.1. The van der Waals surface area contributed by atoms with Crippen molar-refractivity contribution in [2.24, 2.45) is 5.73 Å². The molecular weight excluding hydrogens is 158 g/mol. The molecule has 0 heterocycles. The predicted molar refractivity (Wildman–Crippen MR) is 43.4 cm³/mol. The molecule has 4 nitrogen and oxygen atoms in total. The number of aliphatic hydroxyl groups excluding tert-OH is 1. The van der Waals surface area contributed by atoms with Gasteiger partial charge in [-0.05, 0) is 19.8 Å². The Balaban J connectivity index is 2.54. The molecule has 4 heteroatoms. The highest BCUT2D eigenvalue weighted by Gasteiger charge is 2.42. The highest BCUT2D eigenvalue weighted by Crippen LogP contribution is 2.28. The molecule has 0 aliphatic heterocycles. The van der Waals surface area contributed by atoms with Crippen LogP contribution in [0, 0.1) is 0 Å². The van der Waals surface area contributed by atoms with E-state index in [1.807, 2.05) is 0 Å². The van der Waals surface area contributed by atoms with Gasteiger partial charge in [0.05, 0.1) is 12.7 Å². The number of carbonyl (C=O) groups excluding carboxylic acids is 1. The zero-order valence-corrected chi connectivity index (χ0v) is 7.25. The van der Waals surface area contributed by atoms with Crippen molar-refractivity contribution in [1.82, 2.24) is 0 Å². The SMILES string of the molecule is CCOC(=O)[C@@]1(N)CC[C@H](O)C1. The molecule has 0 bridgehead atoms. The Kier molecular flexibility index (Phi) is 2.69. The van der Waals surface area contributed by atoms with Gasteiger partial charge in [-0.3, -0.25) is 4.79 Å². The highest BCUT2D eigenvalue weighted by molar-refractivity contribution is 5.81. The van der Waals surface area contributed by atoms with Crippen LogP contribution in [0.5, 0.6) is 0 Å². The lowest BCUT2D eigenvalue weighted by atomic mass is 10.00. The lowest BCUT2D eigenvalue weighted by Gasteiger charge is -2.20. The minimum absolute atomic E-state index is 0.325. The van der Waals surface area contributed by atoms with Gasteiger partial charge in [-0.25, -0.2) is 0 Å². The van der Waals surface area contributed by atoms with Crippen LogP contribution in [0.25, 0.3) is 0 Å². The van der Waals surface area contributed by atoms with Crippen molar-refractivity contribution < 1.29 is 14.6 Å². The van der Waals surface area contributed by atoms with Crippen molar-refractivity contribution >= 4 is 5.97 Å². The van der Waals surface area contributed by atoms with Crippen molar-refractivity contribution in [3.05, 3.63) is 0 Å². The average molecular weight is 173 g/mol. The second-order valence-electron chi connectivity index (χ2n) is 3.27. The Morgan fingerprint density at radius 3 is 2.92 bits per heavy atom. The highest BCUT2D eigenvalue weighted by atomic mass is 16.5. The number of hydrogen-bond acceptors (Lipinski definition) is 4.